The fraction of sp³-hybridized carbons (Fsp3) is 0.188. The van der Waals surface area contributed by atoms with Crippen molar-refractivity contribution in [3.05, 3.63) is 59.2 Å². The highest BCUT2D eigenvalue weighted by Crippen LogP contribution is 2.28. The van der Waals surface area contributed by atoms with Crippen LogP contribution in [0.3, 0.4) is 0 Å². The topological polar surface area (TPSA) is 56.8 Å². The first-order valence-corrected chi connectivity index (χ1v) is 6.33. The summed E-state index contributed by atoms with van der Waals surface area (Å²) in [6.45, 7) is 2.56. The number of ether oxygens (including phenoxy) is 2. The summed E-state index contributed by atoms with van der Waals surface area (Å²) in [5.41, 5.74) is 3.21. The third kappa shape index (κ3) is 3.29. The van der Waals surface area contributed by atoms with Gasteiger partial charge in [0, 0.05) is 0 Å². The van der Waals surface area contributed by atoms with E-state index in [4.69, 9.17) is 15.3 Å². The molecule has 4 nitrogen and oxygen atoms in total. The average molecular weight is 270 g/mol. The highest BCUT2D eigenvalue weighted by Gasteiger charge is 2.06. The molecular formula is C16H18N2O2. The number of nitrogens with two attached hydrogens (primary N) is 1. The number of rotatable bonds is 5. The van der Waals surface area contributed by atoms with Crippen LogP contribution < -0.4 is 15.3 Å². The van der Waals surface area contributed by atoms with Gasteiger partial charge in [-0.3, -0.25) is 0 Å². The van der Waals surface area contributed by atoms with Crippen LogP contribution >= 0.6 is 0 Å². The van der Waals surface area contributed by atoms with Crippen LogP contribution in [-0.2, 0) is 6.61 Å². The summed E-state index contributed by atoms with van der Waals surface area (Å²) in [6, 6.07) is 13.7. The van der Waals surface area contributed by atoms with Crippen molar-refractivity contribution in [1.29, 1.82) is 0 Å². The molecule has 0 atom stereocenters. The summed E-state index contributed by atoms with van der Waals surface area (Å²) < 4.78 is 11.2. The van der Waals surface area contributed by atoms with Crippen molar-refractivity contribution < 1.29 is 9.47 Å². The van der Waals surface area contributed by atoms with E-state index in [1.807, 2.05) is 36.4 Å². The molecule has 4 heteroatoms. The van der Waals surface area contributed by atoms with E-state index in [2.05, 4.69) is 18.1 Å². The van der Waals surface area contributed by atoms with Gasteiger partial charge in [0.05, 0.1) is 13.3 Å². The van der Waals surface area contributed by atoms with E-state index >= 15 is 0 Å². The van der Waals surface area contributed by atoms with Crippen molar-refractivity contribution in [1.82, 2.24) is 0 Å². The van der Waals surface area contributed by atoms with Crippen LogP contribution in [0.5, 0.6) is 11.5 Å². The zero-order chi connectivity index (χ0) is 14.4. The summed E-state index contributed by atoms with van der Waals surface area (Å²) in [6.07, 6.45) is 1.57. The molecule has 0 unspecified atom stereocenters. The lowest BCUT2D eigenvalue weighted by atomic mass is 10.1. The molecule has 0 aliphatic heterocycles. The lowest BCUT2D eigenvalue weighted by Gasteiger charge is -2.12. The summed E-state index contributed by atoms with van der Waals surface area (Å²) in [4.78, 5) is 0. The van der Waals surface area contributed by atoms with Crippen molar-refractivity contribution in [3.63, 3.8) is 0 Å². The second-order valence-corrected chi connectivity index (χ2v) is 4.40. The molecule has 20 heavy (non-hydrogen) atoms. The third-order valence-electron chi connectivity index (χ3n) is 3.06. The summed E-state index contributed by atoms with van der Waals surface area (Å²) in [5, 5.41) is 3.51. The van der Waals surface area contributed by atoms with E-state index in [1.54, 1.807) is 13.3 Å². The molecule has 104 valence electrons. The van der Waals surface area contributed by atoms with E-state index < -0.39 is 0 Å². The smallest absolute Gasteiger partial charge is 0.162 e. The molecule has 0 heterocycles. The fourth-order valence-corrected chi connectivity index (χ4v) is 1.90. The summed E-state index contributed by atoms with van der Waals surface area (Å²) >= 11 is 0. The number of hydrazone groups is 1. The molecule has 0 aliphatic carbocycles. The second kappa shape index (κ2) is 6.61. The van der Waals surface area contributed by atoms with Crippen LogP contribution in [-0.4, -0.2) is 13.3 Å². The Hall–Kier alpha value is -2.49. The molecule has 0 saturated heterocycles. The molecular weight excluding hydrogens is 252 g/mol. The number of hydrogen-bond acceptors (Lipinski definition) is 4. The average Bonchev–Trinajstić information content (AvgIpc) is 2.47. The third-order valence-corrected chi connectivity index (χ3v) is 3.06. The van der Waals surface area contributed by atoms with Gasteiger partial charge in [0.15, 0.2) is 11.5 Å². The zero-order valence-corrected chi connectivity index (χ0v) is 11.7. The summed E-state index contributed by atoms with van der Waals surface area (Å²) in [7, 11) is 1.62. The van der Waals surface area contributed by atoms with Gasteiger partial charge in [-0.2, -0.15) is 5.10 Å². The van der Waals surface area contributed by atoms with E-state index in [0.29, 0.717) is 18.1 Å². The van der Waals surface area contributed by atoms with Crippen LogP contribution in [0, 0.1) is 6.92 Å². The Balaban J connectivity index is 2.19. The second-order valence-electron chi connectivity index (χ2n) is 4.40. The van der Waals surface area contributed by atoms with Crippen LogP contribution in [0.25, 0.3) is 0 Å². The SMILES string of the molecule is COc1ccc(C=NN)cc1OCc1ccccc1C. The van der Waals surface area contributed by atoms with Crippen molar-refractivity contribution in [2.75, 3.05) is 7.11 Å². The minimum Gasteiger partial charge on any atom is -0.493 e. The zero-order valence-electron chi connectivity index (χ0n) is 11.7. The lowest BCUT2D eigenvalue weighted by Crippen LogP contribution is -2.00. The fourth-order valence-electron chi connectivity index (χ4n) is 1.90. The Bertz CT molecular complexity index is 609. The maximum Gasteiger partial charge on any atom is 0.162 e. The molecule has 2 aromatic carbocycles. The first kappa shape index (κ1) is 13.9. The molecule has 0 fully saturated rings. The van der Waals surface area contributed by atoms with Gasteiger partial charge in [0.2, 0.25) is 0 Å². The number of methoxy groups -OCH3 is 1. The van der Waals surface area contributed by atoms with Crippen molar-refractivity contribution >= 4 is 6.21 Å². The maximum absolute atomic E-state index is 5.85. The normalized spacial score (nSPS) is 10.7. The van der Waals surface area contributed by atoms with Gasteiger partial charge in [-0.05, 0) is 41.8 Å². The summed E-state index contributed by atoms with van der Waals surface area (Å²) in [5.74, 6) is 6.53. The quantitative estimate of drug-likeness (QED) is 0.516. The predicted octanol–water partition coefficient (Wildman–Crippen LogP) is 2.88. The predicted molar refractivity (Wildman–Crippen MR) is 80.3 cm³/mol. The van der Waals surface area contributed by atoms with Gasteiger partial charge in [0.25, 0.3) is 0 Å². The first-order chi connectivity index (χ1) is 9.74. The first-order valence-electron chi connectivity index (χ1n) is 6.33. The van der Waals surface area contributed by atoms with Gasteiger partial charge in [0.1, 0.15) is 6.61 Å². The van der Waals surface area contributed by atoms with E-state index in [9.17, 15) is 0 Å². The highest BCUT2D eigenvalue weighted by molar-refractivity contribution is 5.80. The van der Waals surface area contributed by atoms with Crippen molar-refractivity contribution in [2.24, 2.45) is 10.9 Å². The molecule has 0 spiro atoms. The van der Waals surface area contributed by atoms with Crippen LogP contribution in [0.4, 0.5) is 0 Å². The molecule has 0 aliphatic rings. The number of nitrogens with zero attached hydrogens (tertiary/aromatic N) is 1. The Labute approximate surface area is 118 Å². The van der Waals surface area contributed by atoms with Gasteiger partial charge in [-0.25, -0.2) is 0 Å². The monoisotopic (exact) mass is 270 g/mol. The lowest BCUT2D eigenvalue weighted by molar-refractivity contribution is 0.284. The van der Waals surface area contributed by atoms with Crippen LogP contribution in [0.2, 0.25) is 0 Å². The molecule has 2 aromatic rings. The van der Waals surface area contributed by atoms with Crippen molar-refractivity contribution in [3.8, 4) is 11.5 Å². The van der Waals surface area contributed by atoms with Crippen LogP contribution in [0.1, 0.15) is 16.7 Å². The highest BCUT2D eigenvalue weighted by atomic mass is 16.5. The molecule has 2 N–H and O–H groups in total. The Kier molecular flexibility index (Phi) is 4.60. The molecule has 0 radical (unpaired) electrons. The minimum atomic E-state index is 0.492. The van der Waals surface area contributed by atoms with Crippen molar-refractivity contribution in [2.45, 2.75) is 13.5 Å². The Morgan fingerprint density at radius 3 is 2.65 bits per heavy atom. The molecule has 2 rings (SSSR count). The van der Waals surface area contributed by atoms with Gasteiger partial charge in [-0.15, -0.1) is 0 Å². The van der Waals surface area contributed by atoms with Crippen LogP contribution in [0.15, 0.2) is 47.6 Å². The standard InChI is InChI=1S/C16H18N2O2/c1-12-5-3-4-6-14(12)11-20-16-9-13(10-18-17)7-8-15(16)19-2/h3-10H,11,17H2,1-2H3. The molecule has 0 amide bonds. The van der Waals surface area contributed by atoms with E-state index in [-0.39, 0.29) is 0 Å². The largest absolute Gasteiger partial charge is 0.493 e. The minimum absolute atomic E-state index is 0.492. The Morgan fingerprint density at radius 2 is 1.95 bits per heavy atom. The maximum atomic E-state index is 5.85. The molecule has 0 aromatic heterocycles. The van der Waals surface area contributed by atoms with E-state index in [0.717, 1.165) is 11.1 Å². The number of hydrogen-bond donors (Lipinski definition) is 1. The number of benzene rings is 2. The van der Waals surface area contributed by atoms with Gasteiger partial charge < -0.3 is 15.3 Å². The van der Waals surface area contributed by atoms with Gasteiger partial charge >= 0.3 is 0 Å². The van der Waals surface area contributed by atoms with E-state index in [1.165, 1.54) is 5.56 Å². The molecule has 0 bridgehead atoms. The molecule has 0 saturated carbocycles. The Morgan fingerprint density at radius 1 is 1.15 bits per heavy atom. The number of aryl methyl sites for hydroxylation is 1. The van der Waals surface area contributed by atoms with Gasteiger partial charge in [-0.1, -0.05) is 24.3 Å².